The highest BCUT2D eigenvalue weighted by Crippen LogP contribution is 2.34. The van der Waals surface area contributed by atoms with Crippen LogP contribution in [-0.4, -0.2) is 62.2 Å². The summed E-state index contributed by atoms with van der Waals surface area (Å²) in [5.74, 6) is 0. The van der Waals surface area contributed by atoms with Crippen molar-refractivity contribution in [1.29, 1.82) is 0 Å². The van der Waals surface area contributed by atoms with E-state index in [9.17, 15) is 0 Å². The van der Waals surface area contributed by atoms with Gasteiger partial charge in [0, 0.05) is 31.7 Å². The van der Waals surface area contributed by atoms with Gasteiger partial charge in [-0.25, -0.2) is 0 Å². The first kappa shape index (κ1) is 13.3. The minimum atomic E-state index is 0.436. The third kappa shape index (κ3) is 3.67. The molecule has 1 unspecified atom stereocenters. The quantitative estimate of drug-likeness (QED) is 0.800. The first-order chi connectivity index (χ1) is 8.02. The molecule has 2 aliphatic rings. The van der Waals surface area contributed by atoms with Crippen LogP contribution in [-0.2, 0) is 0 Å². The van der Waals surface area contributed by atoms with Gasteiger partial charge in [0.05, 0.1) is 0 Å². The zero-order valence-corrected chi connectivity index (χ0v) is 12.0. The van der Waals surface area contributed by atoms with E-state index >= 15 is 0 Å². The fraction of sp³-hybridized carbons (Fsp3) is 1.00. The third-order valence-corrected chi connectivity index (χ3v) is 4.04. The molecule has 1 heterocycles. The Labute approximate surface area is 107 Å². The van der Waals surface area contributed by atoms with Gasteiger partial charge in [0.25, 0.3) is 0 Å². The van der Waals surface area contributed by atoms with Gasteiger partial charge >= 0.3 is 0 Å². The van der Waals surface area contributed by atoms with E-state index < -0.39 is 0 Å². The van der Waals surface area contributed by atoms with Crippen LogP contribution in [0.25, 0.3) is 0 Å². The van der Waals surface area contributed by atoms with E-state index in [1.807, 2.05) is 0 Å². The molecule has 1 N–H and O–H groups in total. The van der Waals surface area contributed by atoms with E-state index in [0.717, 1.165) is 18.6 Å². The molecule has 0 aromatic heterocycles. The van der Waals surface area contributed by atoms with Crippen molar-refractivity contribution in [2.75, 3.05) is 40.3 Å². The minimum Gasteiger partial charge on any atom is -0.320 e. The van der Waals surface area contributed by atoms with Crippen molar-refractivity contribution in [3.8, 4) is 0 Å². The molecule has 0 radical (unpaired) electrons. The maximum absolute atomic E-state index is 3.31. The molecular weight excluding hydrogens is 210 g/mol. The molecule has 1 saturated carbocycles. The summed E-state index contributed by atoms with van der Waals surface area (Å²) in [6, 6.07) is 1.64. The smallest absolute Gasteiger partial charge is 0.0238 e. The predicted molar refractivity (Wildman–Crippen MR) is 73.3 cm³/mol. The summed E-state index contributed by atoms with van der Waals surface area (Å²) >= 11 is 0. The van der Waals surface area contributed by atoms with E-state index in [2.05, 4.69) is 43.1 Å². The number of hydrogen-bond donors (Lipinski definition) is 1. The van der Waals surface area contributed by atoms with Crippen LogP contribution in [0.4, 0.5) is 0 Å². The second-order valence-corrected chi connectivity index (χ2v) is 6.81. The molecule has 0 spiro atoms. The Hall–Kier alpha value is -0.120. The fourth-order valence-electron chi connectivity index (χ4n) is 3.33. The van der Waals surface area contributed by atoms with Gasteiger partial charge in [-0.2, -0.15) is 0 Å². The summed E-state index contributed by atoms with van der Waals surface area (Å²) in [7, 11) is 4.34. The molecule has 0 amide bonds. The maximum atomic E-state index is 3.31. The predicted octanol–water partition coefficient (Wildman–Crippen LogP) is 1.40. The summed E-state index contributed by atoms with van der Waals surface area (Å²) in [5.41, 5.74) is 0.436. The highest BCUT2D eigenvalue weighted by molar-refractivity contribution is 4.95. The van der Waals surface area contributed by atoms with E-state index in [4.69, 9.17) is 0 Å². The lowest BCUT2D eigenvalue weighted by Gasteiger charge is -2.34. The Balaban J connectivity index is 2.04. The summed E-state index contributed by atoms with van der Waals surface area (Å²) in [6.07, 6.45) is 4.14. The first-order valence-corrected chi connectivity index (χ1v) is 7.11. The Morgan fingerprint density at radius 2 is 1.94 bits per heavy atom. The molecule has 1 aliphatic heterocycles. The Morgan fingerprint density at radius 1 is 1.24 bits per heavy atom. The largest absolute Gasteiger partial charge is 0.320 e. The molecule has 1 atom stereocenters. The van der Waals surface area contributed by atoms with Crippen LogP contribution in [0.5, 0.6) is 0 Å². The van der Waals surface area contributed by atoms with E-state index in [-0.39, 0.29) is 0 Å². The lowest BCUT2D eigenvalue weighted by molar-refractivity contribution is 0.142. The average Bonchev–Trinajstić information content (AvgIpc) is 3.02. The summed E-state index contributed by atoms with van der Waals surface area (Å²) < 4.78 is 0. The molecule has 1 aliphatic carbocycles. The van der Waals surface area contributed by atoms with Gasteiger partial charge < -0.3 is 10.2 Å². The number of rotatable bonds is 4. The van der Waals surface area contributed by atoms with Crippen LogP contribution in [0.1, 0.15) is 33.1 Å². The van der Waals surface area contributed by atoms with Crippen LogP contribution < -0.4 is 5.32 Å². The monoisotopic (exact) mass is 239 g/mol. The van der Waals surface area contributed by atoms with Crippen molar-refractivity contribution < 1.29 is 0 Å². The van der Waals surface area contributed by atoms with Crippen molar-refractivity contribution in [2.45, 2.75) is 45.2 Å². The highest BCUT2D eigenvalue weighted by atomic mass is 15.3. The fourth-order valence-corrected chi connectivity index (χ4v) is 3.33. The average molecular weight is 239 g/mol. The van der Waals surface area contributed by atoms with Gasteiger partial charge in [0.2, 0.25) is 0 Å². The Kier molecular flexibility index (Phi) is 4.11. The molecule has 0 aromatic carbocycles. The lowest BCUT2D eigenvalue weighted by atomic mass is 9.92. The van der Waals surface area contributed by atoms with Gasteiger partial charge in [-0.15, -0.1) is 0 Å². The zero-order chi connectivity index (χ0) is 12.5. The van der Waals surface area contributed by atoms with Gasteiger partial charge in [-0.3, -0.25) is 4.90 Å². The van der Waals surface area contributed by atoms with Crippen LogP contribution in [0.2, 0.25) is 0 Å². The standard InChI is InChI=1S/C14H29N3/c1-14(2)10-16(4)9-13(7-8-15-3)17(11-14)12-5-6-12/h12-13,15H,5-11H2,1-4H3. The molecule has 3 heteroatoms. The molecule has 0 bridgehead atoms. The molecule has 3 nitrogen and oxygen atoms in total. The number of likely N-dealkylation sites (N-methyl/N-ethyl adjacent to an activating group) is 1. The van der Waals surface area contributed by atoms with Crippen LogP contribution in [0.3, 0.4) is 0 Å². The van der Waals surface area contributed by atoms with Crippen molar-refractivity contribution in [3.63, 3.8) is 0 Å². The van der Waals surface area contributed by atoms with Gasteiger partial charge in [0.1, 0.15) is 0 Å². The van der Waals surface area contributed by atoms with Crippen LogP contribution in [0, 0.1) is 5.41 Å². The highest BCUT2D eigenvalue weighted by Gasteiger charge is 2.39. The van der Waals surface area contributed by atoms with Gasteiger partial charge in [-0.05, 0) is 45.3 Å². The zero-order valence-electron chi connectivity index (χ0n) is 12.0. The first-order valence-electron chi connectivity index (χ1n) is 7.11. The molecule has 0 aromatic rings. The van der Waals surface area contributed by atoms with E-state index in [1.54, 1.807) is 0 Å². The second-order valence-electron chi connectivity index (χ2n) is 6.81. The second kappa shape index (κ2) is 5.25. The molecule has 2 rings (SSSR count). The Bertz CT molecular complexity index is 248. The van der Waals surface area contributed by atoms with Crippen molar-refractivity contribution in [3.05, 3.63) is 0 Å². The lowest BCUT2D eigenvalue weighted by Crippen LogP contribution is -2.44. The van der Waals surface area contributed by atoms with Gasteiger partial charge in [-0.1, -0.05) is 13.8 Å². The van der Waals surface area contributed by atoms with Crippen LogP contribution in [0.15, 0.2) is 0 Å². The molecule has 100 valence electrons. The van der Waals surface area contributed by atoms with Crippen molar-refractivity contribution >= 4 is 0 Å². The summed E-state index contributed by atoms with van der Waals surface area (Å²) in [5, 5.41) is 3.31. The molecule has 17 heavy (non-hydrogen) atoms. The third-order valence-electron chi connectivity index (χ3n) is 4.04. The SMILES string of the molecule is CNCCC1CN(C)CC(C)(C)CN1C1CC1. The van der Waals surface area contributed by atoms with E-state index in [1.165, 1.54) is 38.9 Å². The minimum absolute atomic E-state index is 0.436. The molecule has 1 saturated heterocycles. The van der Waals surface area contributed by atoms with E-state index in [0.29, 0.717) is 5.41 Å². The van der Waals surface area contributed by atoms with Crippen molar-refractivity contribution in [1.82, 2.24) is 15.1 Å². The summed E-state index contributed by atoms with van der Waals surface area (Å²) in [4.78, 5) is 5.34. The molecular formula is C14H29N3. The number of nitrogens with one attached hydrogen (secondary N) is 1. The summed E-state index contributed by atoms with van der Waals surface area (Å²) in [6.45, 7) is 9.71. The Morgan fingerprint density at radius 3 is 2.53 bits per heavy atom. The number of nitrogens with zero attached hydrogens (tertiary/aromatic N) is 2. The normalized spacial score (nSPS) is 31.4. The topological polar surface area (TPSA) is 18.5 Å². The maximum Gasteiger partial charge on any atom is 0.0238 e. The molecule has 2 fully saturated rings. The number of hydrogen-bond acceptors (Lipinski definition) is 3. The van der Waals surface area contributed by atoms with Gasteiger partial charge in [0.15, 0.2) is 0 Å². The van der Waals surface area contributed by atoms with Crippen LogP contribution >= 0.6 is 0 Å². The van der Waals surface area contributed by atoms with Crippen molar-refractivity contribution in [2.24, 2.45) is 5.41 Å².